The molecule has 3 aromatic carbocycles. The second-order valence-electron chi connectivity index (χ2n) is 5.14. The number of fused-ring (bicyclic) bond motifs is 1. The predicted octanol–water partition coefficient (Wildman–Crippen LogP) is -0.867. The Morgan fingerprint density at radius 3 is 2.21 bits per heavy atom. The number of aryl methyl sites for hydroxylation is 1. The van der Waals surface area contributed by atoms with E-state index in [0.29, 0.717) is 0 Å². The van der Waals surface area contributed by atoms with Crippen molar-refractivity contribution in [2.45, 2.75) is 19.8 Å². The summed E-state index contributed by atoms with van der Waals surface area (Å²) in [5.74, 6) is 0. The van der Waals surface area contributed by atoms with Gasteiger partial charge in [-0.3, -0.25) is 0 Å². The monoisotopic (exact) mass is 438 g/mol. The molecular formula is C20H22Cl2OZr. The second kappa shape index (κ2) is 13.7. The molecule has 0 bridgehead atoms. The first-order chi connectivity index (χ1) is 10.3. The van der Waals surface area contributed by atoms with Crippen molar-refractivity contribution >= 4 is 10.8 Å². The third kappa shape index (κ3) is 7.15. The van der Waals surface area contributed by atoms with Gasteiger partial charge in [0.2, 0.25) is 0 Å². The molecule has 0 heterocycles. The first-order valence-electron chi connectivity index (χ1n) is 7.38. The van der Waals surface area contributed by atoms with E-state index in [1.54, 1.807) is 0 Å². The fourth-order valence-corrected chi connectivity index (χ4v) is 2.37. The summed E-state index contributed by atoms with van der Waals surface area (Å²) < 4.78 is 0. The van der Waals surface area contributed by atoms with Crippen LogP contribution in [0.4, 0.5) is 0 Å². The summed E-state index contributed by atoms with van der Waals surface area (Å²) in [5.41, 5.74) is 3.95. The molecule has 0 saturated heterocycles. The molecule has 3 rings (SSSR count). The number of hydrogen-bond donors (Lipinski definition) is 1. The Labute approximate surface area is 176 Å². The maximum atomic E-state index is 8.03. The summed E-state index contributed by atoms with van der Waals surface area (Å²) in [5, 5.41) is 10.7. The number of unbranched alkanes of at least 4 members (excludes halogenated alkanes) is 1. The van der Waals surface area contributed by atoms with E-state index in [4.69, 9.17) is 5.11 Å². The van der Waals surface area contributed by atoms with Gasteiger partial charge in [-0.05, 0) is 5.56 Å². The minimum absolute atomic E-state index is 0. The third-order valence-corrected chi connectivity index (χ3v) is 3.39. The van der Waals surface area contributed by atoms with Gasteiger partial charge >= 0.3 is 26.2 Å². The minimum atomic E-state index is 0. The van der Waals surface area contributed by atoms with Crippen LogP contribution in [-0.4, -0.2) is 11.7 Å². The predicted molar refractivity (Wildman–Crippen MR) is 91.4 cm³/mol. The molecule has 0 radical (unpaired) electrons. The maximum absolute atomic E-state index is 8.03. The summed E-state index contributed by atoms with van der Waals surface area (Å²) in [6.45, 7) is 5.94. The summed E-state index contributed by atoms with van der Waals surface area (Å²) in [4.78, 5) is 0. The van der Waals surface area contributed by atoms with Crippen molar-refractivity contribution in [3.8, 4) is 11.1 Å². The van der Waals surface area contributed by atoms with Gasteiger partial charge in [-0.1, -0.05) is 55.3 Å². The molecule has 0 aliphatic rings. The number of rotatable bonds is 3. The van der Waals surface area contributed by atoms with Crippen molar-refractivity contribution < 1.29 is 56.1 Å². The quantitative estimate of drug-likeness (QED) is 0.526. The Balaban J connectivity index is 0. The molecule has 0 amide bonds. The third-order valence-electron chi connectivity index (χ3n) is 3.39. The zero-order valence-electron chi connectivity index (χ0n) is 13.8. The normalized spacial score (nSPS) is 8.96. The molecule has 0 fully saturated rings. The molecule has 3 aromatic rings. The molecule has 4 heteroatoms. The zero-order valence-corrected chi connectivity index (χ0v) is 17.8. The Hall–Kier alpha value is -0.527. The van der Waals surface area contributed by atoms with E-state index in [9.17, 15) is 0 Å². The largest absolute Gasteiger partial charge is 4.00 e. The molecule has 0 unspecified atom stereocenters. The minimum Gasteiger partial charge on any atom is -1.00 e. The van der Waals surface area contributed by atoms with E-state index in [-0.39, 0.29) is 57.6 Å². The fourth-order valence-electron chi connectivity index (χ4n) is 2.37. The van der Waals surface area contributed by atoms with Crippen molar-refractivity contribution in [2.75, 3.05) is 6.61 Å². The van der Waals surface area contributed by atoms with Gasteiger partial charge in [-0.15, -0.1) is 34.5 Å². The van der Waals surface area contributed by atoms with Crippen molar-refractivity contribution in [2.24, 2.45) is 0 Å². The van der Waals surface area contributed by atoms with Crippen molar-refractivity contribution in [3.63, 3.8) is 0 Å². The summed E-state index contributed by atoms with van der Waals surface area (Å²) in [6.07, 6.45) is 1.68. The molecule has 0 saturated carbocycles. The Morgan fingerprint density at radius 1 is 1.00 bits per heavy atom. The number of aliphatic hydroxyl groups is 1. The topological polar surface area (TPSA) is 20.2 Å². The van der Waals surface area contributed by atoms with Gasteiger partial charge in [-0.25, -0.2) is 0 Å². The molecule has 24 heavy (non-hydrogen) atoms. The molecule has 1 nitrogen and oxygen atoms in total. The molecule has 0 spiro atoms. The van der Waals surface area contributed by atoms with Crippen LogP contribution in [0.5, 0.6) is 0 Å². The standard InChI is InChI=1S/C16H13.C4H9O.2ClH.Zr/c1-12-10-14-8-5-9-15(16(14)11-12)13-6-3-2-4-7-13;1-2-3-4-5;;;/h2-11H,1H3;5H,1-4H2;2*1H;/q2*-1;;;+4/p-2. The SMILES string of the molecule is Cc1cc2c(-c3ccccc3)cccc2[cH-]1.[CH2-]CCCO.[Cl-].[Cl-].[Zr+4]. The van der Waals surface area contributed by atoms with E-state index >= 15 is 0 Å². The smallest absolute Gasteiger partial charge is 1.00 e. The number of benzene rings is 2. The summed E-state index contributed by atoms with van der Waals surface area (Å²) in [6, 6.07) is 21.6. The first kappa shape index (κ1) is 25.7. The molecule has 126 valence electrons. The molecule has 0 aromatic heterocycles. The van der Waals surface area contributed by atoms with Gasteiger partial charge in [0.15, 0.2) is 0 Å². The fraction of sp³-hybridized carbons (Fsp3) is 0.200. The van der Waals surface area contributed by atoms with Gasteiger partial charge in [-0.2, -0.15) is 12.5 Å². The van der Waals surface area contributed by atoms with Crippen LogP contribution >= 0.6 is 0 Å². The van der Waals surface area contributed by atoms with Gasteiger partial charge in [0.25, 0.3) is 0 Å². The van der Waals surface area contributed by atoms with Crippen molar-refractivity contribution in [3.05, 3.63) is 73.2 Å². The van der Waals surface area contributed by atoms with Crippen LogP contribution < -0.4 is 24.8 Å². The van der Waals surface area contributed by atoms with Crippen LogP contribution in [-0.2, 0) is 26.2 Å². The van der Waals surface area contributed by atoms with E-state index in [1.165, 1.54) is 27.5 Å². The van der Waals surface area contributed by atoms with E-state index in [0.717, 1.165) is 12.8 Å². The van der Waals surface area contributed by atoms with Crippen LogP contribution in [0.25, 0.3) is 21.9 Å². The second-order valence-corrected chi connectivity index (χ2v) is 5.14. The van der Waals surface area contributed by atoms with Crippen molar-refractivity contribution in [1.82, 2.24) is 0 Å². The Morgan fingerprint density at radius 2 is 1.67 bits per heavy atom. The Bertz CT molecular complexity index is 678. The van der Waals surface area contributed by atoms with Gasteiger partial charge in [0.05, 0.1) is 0 Å². The van der Waals surface area contributed by atoms with Gasteiger partial charge < -0.3 is 36.8 Å². The van der Waals surface area contributed by atoms with Gasteiger partial charge in [0, 0.05) is 6.61 Å². The van der Waals surface area contributed by atoms with Crippen LogP contribution in [0.15, 0.2) is 60.7 Å². The average Bonchev–Trinajstić information content (AvgIpc) is 2.89. The Kier molecular flexibility index (Phi) is 14.7. The van der Waals surface area contributed by atoms with Crippen LogP contribution in [0.3, 0.4) is 0 Å². The molecule has 0 aliphatic carbocycles. The van der Waals surface area contributed by atoms with E-state index in [2.05, 4.69) is 74.5 Å². The van der Waals surface area contributed by atoms with E-state index in [1.807, 2.05) is 0 Å². The number of aliphatic hydroxyl groups excluding tert-OH is 1. The summed E-state index contributed by atoms with van der Waals surface area (Å²) in [7, 11) is 0. The van der Waals surface area contributed by atoms with E-state index < -0.39 is 0 Å². The van der Waals surface area contributed by atoms with Gasteiger partial charge in [0.1, 0.15) is 0 Å². The zero-order chi connectivity index (χ0) is 15.1. The molecule has 0 aliphatic heterocycles. The maximum Gasteiger partial charge on any atom is 4.00 e. The van der Waals surface area contributed by atoms with Crippen LogP contribution in [0, 0.1) is 13.8 Å². The van der Waals surface area contributed by atoms with Crippen molar-refractivity contribution in [1.29, 1.82) is 0 Å². The number of hydrogen-bond acceptors (Lipinski definition) is 1. The first-order valence-corrected chi connectivity index (χ1v) is 7.38. The molecule has 1 N–H and O–H groups in total. The average molecular weight is 441 g/mol. The summed E-state index contributed by atoms with van der Waals surface area (Å²) >= 11 is 0. The van der Waals surface area contributed by atoms with Crippen LogP contribution in [0.1, 0.15) is 18.4 Å². The number of halogens is 2. The van der Waals surface area contributed by atoms with Crippen LogP contribution in [0.2, 0.25) is 0 Å². The molecular weight excluding hydrogens is 418 g/mol. The molecule has 0 atom stereocenters.